The zero-order valence-corrected chi connectivity index (χ0v) is 12.0. The Kier molecular flexibility index (Phi) is 5.73. The van der Waals surface area contributed by atoms with Gasteiger partial charge >= 0.3 is 6.03 Å². The summed E-state index contributed by atoms with van der Waals surface area (Å²) in [5, 5.41) is 11.4. The van der Waals surface area contributed by atoms with E-state index in [1.807, 2.05) is 19.9 Å². The van der Waals surface area contributed by atoms with Gasteiger partial charge < -0.3 is 10.2 Å². The lowest BCUT2D eigenvalue weighted by molar-refractivity contribution is 0.101. The second kappa shape index (κ2) is 7.29. The number of ketones is 1. The zero-order chi connectivity index (χ0) is 15.1. The number of nitrogens with one attached hydrogen (secondary N) is 1. The molecule has 0 aliphatic rings. The minimum Gasteiger partial charge on any atom is -0.321 e. The summed E-state index contributed by atoms with van der Waals surface area (Å²) in [7, 11) is 0. The van der Waals surface area contributed by atoms with Gasteiger partial charge in [0.25, 0.3) is 0 Å². The van der Waals surface area contributed by atoms with E-state index in [-0.39, 0.29) is 17.9 Å². The molecule has 20 heavy (non-hydrogen) atoms. The van der Waals surface area contributed by atoms with Gasteiger partial charge in [-0.25, -0.2) is 4.79 Å². The van der Waals surface area contributed by atoms with Gasteiger partial charge in [0, 0.05) is 23.8 Å². The quantitative estimate of drug-likeness (QED) is 0.838. The molecule has 0 atom stereocenters. The third-order valence-corrected chi connectivity index (χ3v) is 2.87. The number of carbonyl (C=O) groups excluding carboxylic acids is 2. The number of nitriles is 1. The number of rotatable bonds is 5. The summed E-state index contributed by atoms with van der Waals surface area (Å²) in [5.74, 6) is -0.0497. The molecule has 1 N–H and O–H groups in total. The second-order valence-corrected chi connectivity index (χ2v) is 4.76. The van der Waals surface area contributed by atoms with Crippen molar-refractivity contribution in [2.45, 2.75) is 33.2 Å². The van der Waals surface area contributed by atoms with Gasteiger partial charge in [-0.05, 0) is 32.9 Å². The van der Waals surface area contributed by atoms with Crippen LogP contribution in [0, 0.1) is 11.3 Å². The molecule has 5 heteroatoms. The molecule has 0 aliphatic heterocycles. The minimum atomic E-state index is -0.268. The zero-order valence-electron chi connectivity index (χ0n) is 12.0. The standard InChI is InChI=1S/C15H19N3O2/c1-11(2)18(9-5-8-16)15(20)17-14-7-4-6-13(10-14)12(3)19/h4,6-7,10-11H,5,9H2,1-3H3,(H,17,20). The molecule has 1 aromatic rings. The molecule has 1 rings (SSSR count). The van der Waals surface area contributed by atoms with E-state index in [4.69, 9.17) is 5.26 Å². The molecule has 5 nitrogen and oxygen atoms in total. The van der Waals surface area contributed by atoms with Crippen LogP contribution in [0.3, 0.4) is 0 Å². The maximum atomic E-state index is 12.2. The molecule has 1 aromatic carbocycles. The smallest absolute Gasteiger partial charge is 0.321 e. The highest BCUT2D eigenvalue weighted by molar-refractivity contribution is 5.96. The van der Waals surface area contributed by atoms with Crippen molar-refractivity contribution in [3.8, 4) is 6.07 Å². The van der Waals surface area contributed by atoms with E-state index in [0.29, 0.717) is 24.2 Å². The first-order chi connectivity index (χ1) is 9.45. The average Bonchev–Trinajstić information content (AvgIpc) is 2.39. The second-order valence-electron chi connectivity index (χ2n) is 4.76. The van der Waals surface area contributed by atoms with Crippen LogP contribution in [0.5, 0.6) is 0 Å². The molecule has 0 spiro atoms. The Balaban J connectivity index is 2.80. The molecule has 106 valence electrons. The molecule has 0 bridgehead atoms. The van der Waals surface area contributed by atoms with E-state index in [1.54, 1.807) is 29.2 Å². The number of urea groups is 1. The van der Waals surface area contributed by atoms with Gasteiger partial charge in [0.1, 0.15) is 0 Å². The Morgan fingerprint density at radius 1 is 1.40 bits per heavy atom. The van der Waals surface area contributed by atoms with E-state index >= 15 is 0 Å². The van der Waals surface area contributed by atoms with Gasteiger partial charge in [-0.3, -0.25) is 4.79 Å². The topological polar surface area (TPSA) is 73.2 Å². The first-order valence-electron chi connectivity index (χ1n) is 6.51. The molecular formula is C15H19N3O2. The number of carbonyl (C=O) groups is 2. The number of hydrogen-bond donors (Lipinski definition) is 1. The number of nitrogens with zero attached hydrogens (tertiary/aromatic N) is 2. The summed E-state index contributed by atoms with van der Waals surface area (Å²) in [6.45, 7) is 5.65. The molecular weight excluding hydrogens is 254 g/mol. The lowest BCUT2D eigenvalue weighted by Gasteiger charge is -2.26. The Morgan fingerprint density at radius 2 is 2.10 bits per heavy atom. The van der Waals surface area contributed by atoms with Gasteiger partial charge in [-0.15, -0.1) is 0 Å². The summed E-state index contributed by atoms with van der Waals surface area (Å²) in [5.41, 5.74) is 1.13. The fourth-order valence-corrected chi connectivity index (χ4v) is 1.78. The monoisotopic (exact) mass is 273 g/mol. The highest BCUT2D eigenvalue weighted by Gasteiger charge is 2.16. The van der Waals surface area contributed by atoms with Crippen LogP contribution in [0.1, 0.15) is 37.6 Å². The van der Waals surface area contributed by atoms with Crippen molar-refractivity contribution in [1.29, 1.82) is 5.26 Å². The molecule has 2 amide bonds. The van der Waals surface area contributed by atoms with Gasteiger partial charge in [-0.1, -0.05) is 12.1 Å². The van der Waals surface area contributed by atoms with E-state index in [1.165, 1.54) is 6.92 Å². The first-order valence-corrected chi connectivity index (χ1v) is 6.51. The largest absolute Gasteiger partial charge is 0.322 e. The van der Waals surface area contributed by atoms with E-state index in [9.17, 15) is 9.59 Å². The maximum Gasteiger partial charge on any atom is 0.322 e. The summed E-state index contributed by atoms with van der Waals surface area (Å²) in [6.07, 6.45) is 0.291. The van der Waals surface area contributed by atoms with E-state index in [2.05, 4.69) is 5.32 Å². The van der Waals surface area contributed by atoms with Crippen molar-refractivity contribution in [2.75, 3.05) is 11.9 Å². The third-order valence-electron chi connectivity index (χ3n) is 2.87. The van der Waals surface area contributed by atoms with Gasteiger partial charge in [0.2, 0.25) is 0 Å². The normalized spacial score (nSPS) is 9.95. The van der Waals surface area contributed by atoms with Gasteiger partial charge in [0.15, 0.2) is 5.78 Å². The Labute approximate surface area is 119 Å². The lowest BCUT2D eigenvalue weighted by atomic mass is 10.1. The van der Waals surface area contributed by atoms with E-state index in [0.717, 1.165) is 0 Å². The van der Waals surface area contributed by atoms with Crippen LogP contribution in [0.25, 0.3) is 0 Å². The van der Waals surface area contributed by atoms with Crippen LogP contribution >= 0.6 is 0 Å². The Hall–Kier alpha value is -2.35. The van der Waals surface area contributed by atoms with Gasteiger partial charge in [0.05, 0.1) is 12.5 Å². The van der Waals surface area contributed by atoms with Crippen molar-refractivity contribution in [3.05, 3.63) is 29.8 Å². The first kappa shape index (κ1) is 15.7. The van der Waals surface area contributed by atoms with Crippen molar-refractivity contribution in [1.82, 2.24) is 4.90 Å². The average molecular weight is 273 g/mol. The molecule has 0 fully saturated rings. The minimum absolute atomic E-state index is 0.000611. The van der Waals surface area contributed by atoms with Crippen LogP contribution in [-0.4, -0.2) is 29.3 Å². The van der Waals surface area contributed by atoms with Crippen molar-refractivity contribution in [3.63, 3.8) is 0 Å². The number of benzene rings is 1. The predicted molar refractivity (Wildman–Crippen MR) is 77.5 cm³/mol. The lowest BCUT2D eigenvalue weighted by Crippen LogP contribution is -2.40. The van der Waals surface area contributed by atoms with Crippen molar-refractivity contribution >= 4 is 17.5 Å². The number of anilines is 1. The molecule has 0 aliphatic carbocycles. The Bertz CT molecular complexity index is 532. The summed E-state index contributed by atoms with van der Waals surface area (Å²) < 4.78 is 0. The molecule has 0 radical (unpaired) electrons. The molecule has 0 aromatic heterocycles. The number of amides is 2. The van der Waals surface area contributed by atoms with Gasteiger partial charge in [-0.2, -0.15) is 5.26 Å². The summed E-state index contributed by atoms with van der Waals surface area (Å²) in [4.78, 5) is 25.1. The fourth-order valence-electron chi connectivity index (χ4n) is 1.78. The van der Waals surface area contributed by atoms with Crippen LogP contribution in [-0.2, 0) is 0 Å². The molecule has 0 unspecified atom stereocenters. The number of Topliss-reactive ketones (excluding diaryl/α,β-unsaturated/α-hetero) is 1. The fraction of sp³-hybridized carbons (Fsp3) is 0.400. The van der Waals surface area contributed by atoms with Crippen LogP contribution < -0.4 is 5.32 Å². The van der Waals surface area contributed by atoms with Crippen molar-refractivity contribution in [2.24, 2.45) is 0 Å². The summed E-state index contributed by atoms with van der Waals surface area (Å²) in [6, 6.07) is 8.56. The SMILES string of the molecule is CC(=O)c1cccc(NC(=O)N(CCC#N)C(C)C)c1. The maximum absolute atomic E-state index is 12.2. The molecule has 0 heterocycles. The Morgan fingerprint density at radius 3 is 2.65 bits per heavy atom. The van der Waals surface area contributed by atoms with E-state index < -0.39 is 0 Å². The number of hydrogen-bond acceptors (Lipinski definition) is 3. The van der Waals surface area contributed by atoms with Crippen LogP contribution in [0.4, 0.5) is 10.5 Å². The summed E-state index contributed by atoms with van der Waals surface area (Å²) >= 11 is 0. The van der Waals surface area contributed by atoms with Crippen molar-refractivity contribution < 1.29 is 9.59 Å². The predicted octanol–water partition coefficient (Wildman–Crippen LogP) is 3.05. The van der Waals surface area contributed by atoms with Crippen LogP contribution in [0.2, 0.25) is 0 Å². The van der Waals surface area contributed by atoms with Crippen LogP contribution in [0.15, 0.2) is 24.3 Å². The molecule has 0 saturated carbocycles. The highest BCUT2D eigenvalue weighted by Crippen LogP contribution is 2.13. The molecule has 0 saturated heterocycles. The highest BCUT2D eigenvalue weighted by atomic mass is 16.2. The third kappa shape index (κ3) is 4.39.